The summed E-state index contributed by atoms with van der Waals surface area (Å²) in [5, 5.41) is 1.35. The van der Waals surface area contributed by atoms with Crippen LogP contribution in [0.5, 0.6) is 0 Å². The Morgan fingerprint density at radius 1 is 1.42 bits per heavy atom. The molecule has 2 heterocycles. The minimum Gasteiger partial charge on any atom is -0.323 e. The number of rotatable bonds is 3. The molecular weight excluding hydrogens is 366 g/mol. The van der Waals surface area contributed by atoms with Crippen molar-refractivity contribution in [2.75, 3.05) is 30.5 Å². The minimum absolute atomic E-state index is 0.0295. The molecule has 24 heavy (non-hydrogen) atoms. The second kappa shape index (κ2) is 7.80. The highest BCUT2D eigenvalue weighted by Gasteiger charge is 2.29. The smallest absolute Gasteiger partial charge is 0.248 e. The number of amides is 2. The molecule has 0 saturated carbocycles. The van der Waals surface area contributed by atoms with Crippen LogP contribution in [0.1, 0.15) is 12.0 Å². The molecule has 2 saturated heterocycles. The SMILES string of the molecule is Cc1ccc(N=C2SCCCN2C(=O)CN2CSCC2=O)cc1Cl. The van der Waals surface area contributed by atoms with Crippen LogP contribution in [0.2, 0.25) is 5.02 Å². The molecule has 0 atom stereocenters. The highest BCUT2D eigenvalue weighted by atomic mass is 35.5. The number of carbonyl (C=O) groups is 2. The van der Waals surface area contributed by atoms with Crippen LogP contribution >= 0.6 is 35.1 Å². The molecule has 1 aromatic carbocycles. The maximum Gasteiger partial charge on any atom is 0.248 e. The Bertz CT molecular complexity index is 696. The Kier molecular flexibility index (Phi) is 5.73. The van der Waals surface area contributed by atoms with Gasteiger partial charge in [0.2, 0.25) is 11.8 Å². The first-order valence-corrected chi connectivity index (χ1v) is 10.2. The average Bonchev–Trinajstić information content (AvgIpc) is 2.96. The molecule has 0 radical (unpaired) electrons. The second-order valence-electron chi connectivity index (χ2n) is 5.64. The van der Waals surface area contributed by atoms with Crippen LogP contribution in [0, 0.1) is 6.92 Å². The molecule has 1 aromatic rings. The first-order valence-electron chi connectivity index (χ1n) is 7.68. The fraction of sp³-hybridized carbons (Fsp3) is 0.438. The van der Waals surface area contributed by atoms with E-state index in [4.69, 9.17) is 11.6 Å². The van der Waals surface area contributed by atoms with E-state index >= 15 is 0 Å². The normalized spacial score (nSPS) is 20.1. The number of nitrogens with zero attached hydrogens (tertiary/aromatic N) is 3. The Morgan fingerprint density at radius 2 is 2.25 bits per heavy atom. The highest BCUT2D eigenvalue weighted by molar-refractivity contribution is 8.13. The molecule has 3 rings (SSSR count). The Labute approximate surface area is 154 Å². The molecule has 8 heteroatoms. The largest absolute Gasteiger partial charge is 0.323 e. The molecule has 2 aliphatic rings. The molecule has 0 spiro atoms. The summed E-state index contributed by atoms with van der Waals surface area (Å²) in [6, 6.07) is 5.62. The number of thioether (sulfide) groups is 2. The van der Waals surface area contributed by atoms with Crippen molar-refractivity contribution < 1.29 is 9.59 Å². The van der Waals surface area contributed by atoms with Crippen LogP contribution in [0.15, 0.2) is 23.2 Å². The fourth-order valence-corrected chi connectivity index (χ4v) is 4.49. The summed E-state index contributed by atoms with van der Waals surface area (Å²) in [6.07, 6.45) is 0.923. The quantitative estimate of drug-likeness (QED) is 0.804. The number of hydrogen-bond donors (Lipinski definition) is 0. The maximum atomic E-state index is 12.6. The van der Waals surface area contributed by atoms with Crippen LogP contribution in [-0.2, 0) is 9.59 Å². The molecule has 5 nitrogen and oxygen atoms in total. The van der Waals surface area contributed by atoms with E-state index in [1.54, 1.807) is 33.3 Å². The van der Waals surface area contributed by atoms with Gasteiger partial charge in [0, 0.05) is 17.3 Å². The van der Waals surface area contributed by atoms with Crippen molar-refractivity contribution in [2.24, 2.45) is 4.99 Å². The monoisotopic (exact) mass is 383 g/mol. The average molecular weight is 384 g/mol. The van der Waals surface area contributed by atoms with E-state index < -0.39 is 0 Å². The molecular formula is C16H18ClN3O2S2. The van der Waals surface area contributed by atoms with Crippen molar-refractivity contribution in [3.63, 3.8) is 0 Å². The molecule has 0 aromatic heterocycles. The summed E-state index contributed by atoms with van der Waals surface area (Å²) in [5.41, 5.74) is 1.73. The van der Waals surface area contributed by atoms with Gasteiger partial charge in [0.05, 0.1) is 17.3 Å². The van der Waals surface area contributed by atoms with Gasteiger partial charge in [0.15, 0.2) is 5.17 Å². The Hall–Kier alpha value is -1.18. The van der Waals surface area contributed by atoms with Gasteiger partial charge in [-0.1, -0.05) is 29.4 Å². The van der Waals surface area contributed by atoms with Crippen molar-refractivity contribution in [1.29, 1.82) is 0 Å². The molecule has 0 N–H and O–H groups in total. The first kappa shape index (κ1) is 17.6. The van der Waals surface area contributed by atoms with Crippen molar-refractivity contribution in [3.8, 4) is 0 Å². The molecule has 2 fully saturated rings. The van der Waals surface area contributed by atoms with Gasteiger partial charge < -0.3 is 4.90 Å². The lowest BCUT2D eigenvalue weighted by Crippen LogP contribution is -2.45. The Morgan fingerprint density at radius 3 is 2.96 bits per heavy atom. The topological polar surface area (TPSA) is 53.0 Å². The van der Waals surface area contributed by atoms with Crippen molar-refractivity contribution in [1.82, 2.24) is 9.80 Å². The molecule has 0 aliphatic carbocycles. The summed E-state index contributed by atoms with van der Waals surface area (Å²) in [6.45, 7) is 2.70. The zero-order valence-electron chi connectivity index (χ0n) is 13.3. The minimum atomic E-state index is -0.0741. The zero-order chi connectivity index (χ0) is 17.1. The van der Waals surface area contributed by atoms with E-state index in [-0.39, 0.29) is 18.4 Å². The maximum absolute atomic E-state index is 12.6. The third-order valence-electron chi connectivity index (χ3n) is 3.82. The number of aryl methyl sites for hydroxylation is 1. The zero-order valence-corrected chi connectivity index (χ0v) is 15.7. The van der Waals surface area contributed by atoms with Gasteiger partial charge in [-0.25, -0.2) is 4.99 Å². The third-order valence-corrected chi connectivity index (χ3v) is 6.24. The van der Waals surface area contributed by atoms with Gasteiger partial charge in [0.25, 0.3) is 0 Å². The second-order valence-corrected chi connectivity index (χ2v) is 8.07. The number of benzene rings is 1. The van der Waals surface area contributed by atoms with E-state index in [1.165, 1.54) is 0 Å². The molecule has 2 aliphatic heterocycles. The van der Waals surface area contributed by atoms with Gasteiger partial charge in [-0.15, -0.1) is 11.8 Å². The van der Waals surface area contributed by atoms with Gasteiger partial charge in [-0.2, -0.15) is 0 Å². The third kappa shape index (κ3) is 4.07. The Balaban J connectivity index is 1.77. The standard InChI is InChI=1S/C16H18ClN3O2S2/c1-11-3-4-12(7-13(11)17)18-16-20(5-2-6-24-16)14(21)8-19-10-23-9-15(19)22/h3-4,7H,2,5-6,8-10H2,1H3. The fourth-order valence-electron chi connectivity index (χ4n) is 2.43. The van der Waals surface area contributed by atoms with Gasteiger partial charge in [0.1, 0.15) is 6.54 Å². The summed E-state index contributed by atoms with van der Waals surface area (Å²) >= 11 is 9.26. The van der Waals surface area contributed by atoms with E-state index in [0.717, 1.165) is 23.4 Å². The van der Waals surface area contributed by atoms with Gasteiger partial charge in [-0.05, 0) is 31.0 Å². The number of carbonyl (C=O) groups excluding carboxylic acids is 2. The number of aliphatic imine (C=N–C) groups is 1. The molecule has 0 unspecified atom stereocenters. The van der Waals surface area contributed by atoms with Crippen LogP contribution < -0.4 is 0 Å². The molecule has 2 amide bonds. The number of hydrogen-bond acceptors (Lipinski definition) is 5. The first-order chi connectivity index (χ1) is 11.5. The van der Waals surface area contributed by atoms with Crippen LogP contribution in [0.4, 0.5) is 5.69 Å². The predicted molar refractivity (Wildman–Crippen MR) is 101 cm³/mol. The highest BCUT2D eigenvalue weighted by Crippen LogP contribution is 2.26. The molecule has 0 bridgehead atoms. The van der Waals surface area contributed by atoms with E-state index in [9.17, 15) is 9.59 Å². The summed E-state index contributed by atoms with van der Waals surface area (Å²) < 4.78 is 0. The number of amidine groups is 1. The van der Waals surface area contributed by atoms with Gasteiger partial charge in [-0.3, -0.25) is 14.5 Å². The van der Waals surface area contributed by atoms with Crippen LogP contribution in [-0.4, -0.2) is 57.3 Å². The lowest BCUT2D eigenvalue weighted by Gasteiger charge is -2.29. The predicted octanol–water partition coefficient (Wildman–Crippen LogP) is 3.13. The van der Waals surface area contributed by atoms with Crippen molar-refractivity contribution >= 4 is 57.8 Å². The summed E-state index contributed by atoms with van der Waals surface area (Å²) in [7, 11) is 0. The number of halogens is 1. The lowest BCUT2D eigenvalue weighted by molar-refractivity contribution is -0.135. The van der Waals surface area contributed by atoms with E-state index in [1.807, 2.05) is 25.1 Å². The summed E-state index contributed by atoms with van der Waals surface area (Å²) in [5.74, 6) is 1.94. The summed E-state index contributed by atoms with van der Waals surface area (Å²) in [4.78, 5) is 32.2. The lowest BCUT2D eigenvalue weighted by atomic mass is 10.2. The molecule has 128 valence electrons. The van der Waals surface area contributed by atoms with Crippen LogP contribution in [0.3, 0.4) is 0 Å². The van der Waals surface area contributed by atoms with E-state index in [2.05, 4.69) is 4.99 Å². The van der Waals surface area contributed by atoms with Crippen LogP contribution in [0.25, 0.3) is 0 Å². The van der Waals surface area contributed by atoms with E-state index in [0.29, 0.717) is 28.4 Å². The van der Waals surface area contributed by atoms with Gasteiger partial charge >= 0.3 is 0 Å². The van der Waals surface area contributed by atoms with Crippen molar-refractivity contribution in [2.45, 2.75) is 13.3 Å². The van der Waals surface area contributed by atoms with Crippen molar-refractivity contribution in [3.05, 3.63) is 28.8 Å².